The van der Waals surface area contributed by atoms with Crippen LogP contribution in [0.4, 0.5) is 9.59 Å². The molecule has 94 valence electrons. The monoisotopic (exact) mass is 243 g/mol. The number of nitrogens with one attached hydrogen (secondary N) is 1. The third kappa shape index (κ3) is 2.72. The SMILES string of the molecule is COCC1=C(C(=O)OC)CN(C(N)=O)C(=O)N1. The second kappa shape index (κ2) is 5.30. The van der Waals surface area contributed by atoms with Crippen molar-refractivity contribution in [2.75, 3.05) is 27.4 Å². The fourth-order valence-corrected chi connectivity index (χ4v) is 1.35. The average molecular weight is 243 g/mol. The van der Waals surface area contributed by atoms with Gasteiger partial charge in [-0.15, -0.1) is 0 Å². The van der Waals surface area contributed by atoms with Gasteiger partial charge in [0.25, 0.3) is 0 Å². The molecule has 8 nitrogen and oxygen atoms in total. The van der Waals surface area contributed by atoms with Gasteiger partial charge in [0.2, 0.25) is 0 Å². The fourth-order valence-electron chi connectivity index (χ4n) is 1.35. The largest absolute Gasteiger partial charge is 0.466 e. The van der Waals surface area contributed by atoms with Gasteiger partial charge in [0.15, 0.2) is 0 Å². The molecule has 0 saturated carbocycles. The lowest BCUT2D eigenvalue weighted by molar-refractivity contribution is -0.136. The Morgan fingerprint density at radius 2 is 2.12 bits per heavy atom. The molecule has 0 spiro atoms. The number of amides is 4. The minimum Gasteiger partial charge on any atom is -0.466 e. The second-order valence-corrected chi connectivity index (χ2v) is 3.24. The lowest BCUT2D eigenvalue weighted by atomic mass is 10.1. The lowest BCUT2D eigenvalue weighted by Gasteiger charge is -2.27. The molecule has 0 aromatic heterocycles. The van der Waals surface area contributed by atoms with Crippen molar-refractivity contribution >= 4 is 18.0 Å². The Morgan fingerprint density at radius 1 is 1.47 bits per heavy atom. The highest BCUT2D eigenvalue weighted by Gasteiger charge is 2.31. The Kier molecular flexibility index (Phi) is 4.05. The van der Waals surface area contributed by atoms with Gasteiger partial charge in [-0.25, -0.2) is 19.3 Å². The van der Waals surface area contributed by atoms with E-state index in [1.54, 1.807) is 0 Å². The molecule has 1 rings (SSSR count). The predicted molar refractivity (Wildman–Crippen MR) is 55.7 cm³/mol. The minimum absolute atomic E-state index is 0.0305. The average Bonchev–Trinajstić information content (AvgIpc) is 2.28. The summed E-state index contributed by atoms with van der Waals surface area (Å²) in [7, 11) is 2.61. The van der Waals surface area contributed by atoms with Gasteiger partial charge in [-0.05, 0) is 0 Å². The van der Waals surface area contributed by atoms with Crippen LogP contribution in [-0.4, -0.2) is 50.3 Å². The van der Waals surface area contributed by atoms with Crippen molar-refractivity contribution in [3.63, 3.8) is 0 Å². The summed E-state index contributed by atoms with van der Waals surface area (Å²) >= 11 is 0. The molecule has 0 unspecified atom stereocenters. The number of carbonyl (C=O) groups excluding carboxylic acids is 3. The molecule has 8 heteroatoms. The van der Waals surface area contributed by atoms with Crippen LogP contribution in [0.3, 0.4) is 0 Å². The Hall–Kier alpha value is -2.09. The number of nitrogens with two attached hydrogens (primary N) is 1. The van der Waals surface area contributed by atoms with E-state index in [4.69, 9.17) is 10.5 Å². The first kappa shape index (κ1) is 13.0. The fraction of sp³-hybridized carbons (Fsp3) is 0.444. The molecule has 17 heavy (non-hydrogen) atoms. The maximum Gasteiger partial charge on any atom is 0.337 e. The number of imide groups is 1. The van der Waals surface area contributed by atoms with Gasteiger partial charge in [0.1, 0.15) is 0 Å². The summed E-state index contributed by atoms with van der Waals surface area (Å²) in [6, 6.07) is -1.64. The number of urea groups is 2. The maximum atomic E-state index is 11.5. The first-order valence-electron chi connectivity index (χ1n) is 4.68. The lowest BCUT2D eigenvalue weighted by Crippen LogP contribution is -2.52. The zero-order valence-electron chi connectivity index (χ0n) is 9.48. The van der Waals surface area contributed by atoms with Crippen LogP contribution in [0.15, 0.2) is 11.3 Å². The van der Waals surface area contributed by atoms with E-state index < -0.39 is 18.0 Å². The number of nitrogens with zero attached hydrogens (tertiary/aromatic N) is 1. The molecule has 0 atom stereocenters. The number of methoxy groups -OCH3 is 2. The number of carbonyl (C=O) groups is 3. The standard InChI is InChI=1S/C9H13N3O5/c1-16-4-6-5(7(13)17-2)3-12(8(10)14)9(15)11-6/h3-4H2,1-2H3,(H2,10,14)(H,11,15). The Bertz CT molecular complexity index is 390. The summed E-state index contributed by atoms with van der Waals surface area (Å²) < 4.78 is 9.38. The number of primary amides is 1. The molecule has 0 aliphatic carbocycles. The van der Waals surface area contributed by atoms with Crippen LogP contribution < -0.4 is 11.1 Å². The molecule has 1 heterocycles. The first-order chi connectivity index (χ1) is 8.01. The van der Waals surface area contributed by atoms with Crippen LogP contribution in [0.2, 0.25) is 0 Å². The van der Waals surface area contributed by atoms with Gasteiger partial charge in [-0.2, -0.15) is 0 Å². The van der Waals surface area contributed by atoms with Gasteiger partial charge in [0.05, 0.1) is 31.5 Å². The molecule has 0 radical (unpaired) electrons. The van der Waals surface area contributed by atoms with E-state index >= 15 is 0 Å². The van der Waals surface area contributed by atoms with Crippen LogP contribution in [0.1, 0.15) is 0 Å². The molecular weight excluding hydrogens is 230 g/mol. The van der Waals surface area contributed by atoms with Crippen molar-refractivity contribution in [1.82, 2.24) is 10.2 Å². The topological polar surface area (TPSA) is 111 Å². The molecule has 3 N–H and O–H groups in total. The molecule has 0 bridgehead atoms. The molecule has 0 aromatic rings. The van der Waals surface area contributed by atoms with Crippen molar-refractivity contribution in [3.05, 3.63) is 11.3 Å². The van der Waals surface area contributed by atoms with Gasteiger partial charge < -0.3 is 20.5 Å². The van der Waals surface area contributed by atoms with Gasteiger partial charge in [-0.3, -0.25) is 0 Å². The van der Waals surface area contributed by atoms with E-state index in [2.05, 4.69) is 10.1 Å². The van der Waals surface area contributed by atoms with Crippen molar-refractivity contribution in [3.8, 4) is 0 Å². The Labute approximate surface area is 97.3 Å². The van der Waals surface area contributed by atoms with E-state index in [1.807, 2.05) is 0 Å². The number of hydrogen-bond acceptors (Lipinski definition) is 5. The van der Waals surface area contributed by atoms with E-state index in [9.17, 15) is 14.4 Å². The normalized spacial score (nSPS) is 15.6. The number of rotatable bonds is 3. The van der Waals surface area contributed by atoms with Gasteiger partial charge in [0, 0.05) is 7.11 Å². The molecule has 0 saturated heterocycles. The van der Waals surface area contributed by atoms with Gasteiger partial charge >= 0.3 is 18.0 Å². The van der Waals surface area contributed by atoms with Crippen LogP contribution >= 0.6 is 0 Å². The Morgan fingerprint density at radius 3 is 2.59 bits per heavy atom. The second-order valence-electron chi connectivity index (χ2n) is 3.24. The molecule has 0 aromatic carbocycles. The Balaban J connectivity index is 3.05. The number of hydrogen-bond donors (Lipinski definition) is 2. The van der Waals surface area contributed by atoms with Crippen molar-refractivity contribution in [1.29, 1.82) is 0 Å². The smallest absolute Gasteiger partial charge is 0.337 e. The molecule has 0 fully saturated rings. The number of ether oxygens (including phenoxy) is 2. The molecular formula is C9H13N3O5. The predicted octanol–water partition coefficient (Wildman–Crippen LogP) is -0.836. The van der Waals surface area contributed by atoms with Gasteiger partial charge in [-0.1, -0.05) is 0 Å². The van der Waals surface area contributed by atoms with Crippen molar-refractivity contribution in [2.45, 2.75) is 0 Å². The van der Waals surface area contributed by atoms with Crippen LogP contribution in [0.5, 0.6) is 0 Å². The zero-order chi connectivity index (χ0) is 13.0. The summed E-state index contributed by atoms with van der Waals surface area (Å²) in [6.07, 6.45) is 0. The van der Waals surface area contributed by atoms with Crippen LogP contribution in [0.25, 0.3) is 0 Å². The molecule has 4 amide bonds. The quantitative estimate of drug-likeness (QED) is 0.628. The summed E-state index contributed by atoms with van der Waals surface area (Å²) in [5, 5.41) is 2.35. The van der Waals surface area contributed by atoms with E-state index in [1.165, 1.54) is 14.2 Å². The highest BCUT2D eigenvalue weighted by atomic mass is 16.5. The maximum absolute atomic E-state index is 11.5. The van der Waals surface area contributed by atoms with Crippen LogP contribution in [-0.2, 0) is 14.3 Å². The van der Waals surface area contributed by atoms with E-state index in [0.717, 1.165) is 0 Å². The summed E-state index contributed by atoms with van der Waals surface area (Å²) in [5.74, 6) is -0.650. The summed E-state index contributed by atoms with van der Waals surface area (Å²) in [4.78, 5) is 34.6. The summed E-state index contributed by atoms with van der Waals surface area (Å²) in [5.41, 5.74) is 5.40. The third-order valence-corrected chi connectivity index (χ3v) is 2.17. The third-order valence-electron chi connectivity index (χ3n) is 2.17. The van der Waals surface area contributed by atoms with Crippen molar-refractivity contribution < 1.29 is 23.9 Å². The minimum atomic E-state index is -0.944. The van der Waals surface area contributed by atoms with E-state index in [0.29, 0.717) is 4.90 Å². The van der Waals surface area contributed by atoms with Crippen molar-refractivity contribution in [2.24, 2.45) is 5.73 Å². The van der Waals surface area contributed by atoms with Crippen LogP contribution in [0, 0.1) is 0 Å². The molecule has 1 aliphatic rings. The summed E-state index contributed by atoms with van der Waals surface area (Å²) in [6.45, 7) is -0.199. The first-order valence-corrected chi connectivity index (χ1v) is 4.68. The molecule has 1 aliphatic heterocycles. The highest BCUT2D eigenvalue weighted by Crippen LogP contribution is 2.13. The highest BCUT2D eigenvalue weighted by molar-refractivity contribution is 5.99. The van der Waals surface area contributed by atoms with E-state index in [-0.39, 0.29) is 24.4 Å². The number of esters is 1. The zero-order valence-corrected chi connectivity index (χ0v) is 9.48.